The fourth-order valence-corrected chi connectivity index (χ4v) is 3.23. The van der Waals surface area contributed by atoms with Crippen molar-refractivity contribution in [3.05, 3.63) is 41.7 Å². The summed E-state index contributed by atoms with van der Waals surface area (Å²) in [5.74, 6) is 1.39. The highest BCUT2D eigenvalue weighted by Crippen LogP contribution is 2.23. The van der Waals surface area contributed by atoms with Gasteiger partial charge in [0.2, 0.25) is 0 Å². The maximum absolute atomic E-state index is 12.8. The van der Waals surface area contributed by atoms with E-state index in [-0.39, 0.29) is 18.3 Å². The van der Waals surface area contributed by atoms with Gasteiger partial charge < -0.3 is 20.3 Å². The van der Waals surface area contributed by atoms with Crippen molar-refractivity contribution < 1.29 is 9.53 Å². The molecule has 4 heterocycles. The number of aryl methyl sites for hydroxylation is 1. The van der Waals surface area contributed by atoms with Gasteiger partial charge in [0.1, 0.15) is 5.75 Å². The Balaban J connectivity index is 0.00000240. The Labute approximate surface area is 174 Å². The Morgan fingerprint density at radius 2 is 2.03 bits per heavy atom. The quantitative estimate of drug-likeness (QED) is 0.654. The normalized spacial score (nSPS) is 13.8. The molecule has 3 aromatic rings. The van der Waals surface area contributed by atoms with Crippen LogP contribution in [0.25, 0.3) is 5.52 Å². The highest BCUT2D eigenvalue weighted by molar-refractivity contribution is 6.06. The summed E-state index contributed by atoms with van der Waals surface area (Å²) >= 11 is 0. The number of ether oxygens (including phenoxy) is 1. The Morgan fingerprint density at radius 1 is 1.24 bits per heavy atom. The third kappa shape index (κ3) is 4.57. The van der Waals surface area contributed by atoms with E-state index in [1.54, 1.807) is 22.8 Å². The number of carbonyl (C=O) groups excluding carboxylic acids is 1. The van der Waals surface area contributed by atoms with E-state index < -0.39 is 0 Å². The van der Waals surface area contributed by atoms with Crippen LogP contribution in [0.3, 0.4) is 0 Å². The second-order valence-electron chi connectivity index (χ2n) is 6.61. The number of fused-ring (bicyclic) bond motifs is 1. The number of aromatic nitrogens is 4. The van der Waals surface area contributed by atoms with E-state index in [1.165, 1.54) is 0 Å². The predicted octanol–water partition coefficient (Wildman–Crippen LogP) is 1.92. The summed E-state index contributed by atoms with van der Waals surface area (Å²) in [6, 6.07) is 7.32. The van der Waals surface area contributed by atoms with Crippen LogP contribution < -0.4 is 20.3 Å². The summed E-state index contributed by atoms with van der Waals surface area (Å²) < 4.78 is 7.35. The SMILES string of the molecule is CCOc1cn2nc(C)cc2cc1C(=O)Nc1ccc(N2CCNCC2)nn1.Cl. The number of amides is 1. The molecule has 0 bridgehead atoms. The number of carbonyl (C=O) groups is 1. The number of pyridine rings is 1. The number of anilines is 2. The van der Waals surface area contributed by atoms with Crippen LogP contribution in [0.2, 0.25) is 0 Å². The number of hydrogen-bond acceptors (Lipinski definition) is 7. The van der Waals surface area contributed by atoms with Crippen LogP contribution in [-0.4, -0.2) is 58.5 Å². The van der Waals surface area contributed by atoms with Crippen molar-refractivity contribution in [3.63, 3.8) is 0 Å². The van der Waals surface area contributed by atoms with Crippen molar-refractivity contribution in [2.75, 3.05) is 43.0 Å². The summed E-state index contributed by atoms with van der Waals surface area (Å²) in [4.78, 5) is 15.0. The van der Waals surface area contributed by atoms with Crippen LogP contribution in [0.4, 0.5) is 11.6 Å². The molecule has 0 aromatic carbocycles. The molecule has 154 valence electrons. The van der Waals surface area contributed by atoms with Crippen LogP contribution in [0.1, 0.15) is 23.0 Å². The average molecular weight is 418 g/mol. The van der Waals surface area contributed by atoms with Gasteiger partial charge in [0.25, 0.3) is 5.91 Å². The summed E-state index contributed by atoms with van der Waals surface area (Å²) in [5.41, 5.74) is 2.13. The number of piperazine rings is 1. The Kier molecular flexibility index (Phi) is 6.50. The molecule has 0 spiro atoms. The monoisotopic (exact) mass is 417 g/mol. The van der Waals surface area contributed by atoms with E-state index in [0.717, 1.165) is 43.2 Å². The second kappa shape index (κ2) is 9.06. The van der Waals surface area contributed by atoms with Gasteiger partial charge >= 0.3 is 0 Å². The van der Waals surface area contributed by atoms with Gasteiger partial charge in [0, 0.05) is 26.2 Å². The summed E-state index contributed by atoms with van der Waals surface area (Å²) in [6.45, 7) is 7.87. The Hall–Kier alpha value is -2.91. The molecule has 3 aromatic heterocycles. The van der Waals surface area contributed by atoms with Gasteiger partial charge in [-0.25, -0.2) is 4.52 Å². The smallest absolute Gasteiger partial charge is 0.260 e. The topological polar surface area (TPSA) is 96.7 Å². The zero-order chi connectivity index (χ0) is 19.5. The lowest BCUT2D eigenvalue weighted by atomic mass is 10.2. The first-order valence-electron chi connectivity index (χ1n) is 9.37. The van der Waals surface area contributed by atoms with Gasteiger partial charge in [-0.15, -0.1) is 22.6 Å². The third-order valence-electron chi connectivity index (χ3n) is 4.56. The molecule has 0 unspecified atom stereocenters. The largest absolute Gasteiger partial charge is 0.491 e. The van der Waals surface area contributed by atoms with E-state index in [9.17, 15) is 4.79 Å². The molecule has 1 amide bonds. The van der Waals surface area contributed by atoms with Crippen molar-refractivity contribution >= 4 is 35.5 Å². The zero-order valence-corrected chi connectivity index (χ0v) is 17.2. The molecule has 0 atom stereocenters. The molecule has 0 saturated carbocycles. The van der Waals surface area contributed by atoms with E-state index in [2.05, 4.69) is 30.8 Å². The fraction of sp³-hybridized carbons (Fsp3) is 0.368. The number of halogens is 1. The average Bonchev–Trinajstić information content (AvgIpc) is 3.08. The first kappa shape index (κ1) is 20.8. The second-order valence-corrected chi connectivity index (χ2v) is 6.61. The van der Waals surface area contributed by atoms with Crippen LogP contribution in [0.5, 0.6) is 5.75 Å². The van der Waals surface area contributed by atoms with Gasteiger partial charge in [-0.05, 0) is 38.1 Å². The van der Waals surface area contributed by atoms with Gasteiger partial charge in [-0.2, -0.15) is 5.10 Å². The lowest BCUT2D eigenvalue weighted by molar-refractivity contribution is 0.102. The van der Waals surface area contributed by atoms with Crippen molar-refractivity contribution in [2.45, 2.75) is 13.8 Å². The predicted molar refractivity (Wildman–Crippen MR) is 113 cm³/mol. The highest BCUT2D eigenvalue weighted by Gasteiger charge is 2.17. The van der Waals surface area contributed by atoms with Crippen LogP contribution in [0.15, 0.2) is 30.5 Å². The molecular weight excluding hydrogens is 394 g/mol. The maximum Gasteiger partial charge on any atom is 0.260 e. The molecule has 1 aliphatic rings. The maximum atomic E-state index is 12.8. The number of nitrogens with zero attached hydrogens (tertiary/aromatic N) is 5. The number of hydrogen-bond donors (Lipinski definition) is 2. The minimum atomic E-state index is -0.297. The number of nitrogens with one attached hydrogen (secondary N) is 2. The summed E-state index contributed by atoms with van der Waals surface area (Å²) in [6.07, 6.45) is 1.72. The molecular formula is C19H24ClN7O2. The van der Waals surface area contributed by atoms with Crippen molar-refractivity contribution in [1.29, 1.82) is 0 Å². The van der Waals surface area contributed by atoms with E-state index in [4.69, 9.17) is 4.74 Å². The Bertz CT molecular complexity index is 984. The first-order chi connectivity index (χ1) is 13.6. The Morgan fingerprint density at radius 3 is 2.72 bits per heavy atom. The molecule has 4 rings (SSSR count). The summed E-state index contributed by atoms with van der Waals surface area (Å²) in [5, 5.41) is 18.9. The molecule has 9 nitrogen and oxygen atoms in total. The minimum Gasteiger partial charge on any atom is -0.491 e. The standard InChI is InChI=1S/C19H23N7O2.ClH/c1-3-28-16-12-26-14(10-13(2)24-26)11-15(16)19(27)21-17-4-5-18(23-22-17)25-8-6-20-7-9-25;/h4-5,10-12,20H,3,6-9H2,1-2H3,(H,21,22,27);1H. The van der Waals surface area contributed by atoms with Crippen molar-refractivity contribution in [2.24, 2.45) is 0 Å². The molecule has 1 saturated heterocycles. The molecule has 0 aliphatic carbocycles. The fourth-order valence-electron chi connectivity index (χ4n) is 3.23. The lowest BCUT2D eigenvalue weighted by Gasteiger charge is -2.27. The third-order valence-corrected chi connectivity index (χ3v) is 4.56. The van der Waals surface area contributed by atoms with Crippen LogP contribution in [0, 0.1) is 6.92 Å². The minimum absolute atomic E-state index is 0. The first-order valence-corrected chi connectivity index (χ1v) is 9.37. The highest BCUT2D eigenvalue weighted by atomic mass is 35.5. The van der Waals surface area contributed by atoms with Crippen LogP contribution >= 0.6 is 12.4 Å². The molecule has 1 fully saturated rings. The van der Waals surface area contributed by atoms with Gasteiger partial charge in [0.15, 0.2) is 11.6 Å². The molecule has 1 aliphatic heterocycles. The van der Waals surface area contributed by atoms with E-state index in [1.807, 2.05) is 26.0 Å². The van der Waals surface area contributed by atoms with E-state index in [0.29, 0.717) is 23.7 Å². The summed E-state index contributed by atoms with van der Waals surface area (Å²) in [7, 11) is 0. The van der Waals surface area contributed by atoms with Gasteiger partial charge in [-0.1, -0.05) is 0 Å². The van der Waals surface area contributed by atoms with Gasteiger partial charge in [0.05, 0.1) is 29.6 Å². The molecule has 0 radical (unpaired) electrons. The van der Waals surface area contributed by atoms with E-state index >= 15 is 0 Å². The molecule has 29 heavy (non-hydrogen) atoms. The number of rotatable bonds is 5. The van der Waals surface area contributed by atoms with Gasteiger partial charge in [-0.3, -0.25) is 4.79 Å². The zero-order valence-electron chi connectivity index (χ0n) is 16.4. The molecule has 10 heteroatoms. The van der Waals surface area contributed by atoms with Crippen molar-refractivity contribution in [3.8, 4) is 5.75 Å². The molecule has 2 N–H and O–H groups in total. The lowest BCUT2D eigenvalue weighted by Crippen LogP contribution is -2.43. The van der Waals surface area contributed by atoms with Crippen LogP contribution in [-0.2, 0) is 0 Å². The van der Waals surface area contributed by atoms with Crippen molar-refractivity contribution in [1.82, 2.24) is 25.1 Å².